The van der Waals surface area contributed by atoms with Crippen LogP contribution in [-0.2, 0) is 6.18 Å². The van der Waals surface area contributed by atoms with Gasteiger partial charge in [0, 0.05) is 28.3 Å². The van der Waals surface area contributed by atoms with E-state index in [4.69, 9.17) is 0 Å². The molecule has 0 spiro atoms. The van der Waals surface area contributed by atoms with E-state index in [2.05, 4.69) is 33.2 Å². The van der Waals surface area contributed by atoms with Gasteiger partial charge in [-0.25, -0.2) is 0 Å². The fraction of sp³-hybridized carbons (Fsp3) is 0.600. The SMILES string of the molecule is CN1C2CCC1CC(Nc1cc(C(F)(F)F)ccc1Br)C2. The van der Waals surface area contributed by atoms with Gasteiger partial charge in [-0.05, 0) is 66.9 Å². The highest BCUT2D eigenvalue weighted by Crippen LogP contribution is 2.38. The number of hydrogen-bond acceptors (Lipinski definition) is 2. The number of alkyl halides is 3. The van der Waals surface area contributed by atoms with Gasteiger partial charge >= 0.3 is 6.18 Å². The van der Waals surface area contributed by atoms with Crippen molar-refractivity contribution in [1.29, 1.82) is 0 Å². The number of rotatable bonds is 2. The van der Waals surface area contributed by atoms with Crippen molar-refractivity contribution < 1.29 is 13.2 Å². The molecule has 2 aliphatic heterocycles. The Balaban J connectivity index is 1.76. The van der Waals surface area contributed by atoms with E-state index in [1.807, 2.05) is 0 Å². The zero-order valence-corrected chi connectivity index (χ0v) is 13.3. The number of halogens is 4. The van der Waals surface area contributed by atoms with E-state index in [-0.39, 0.29) is 6.04 Å². The quantitative estimate of drug-likeness (QED) is 0.832. The molecule has 116 valence electrons. The molecule has 2 bridgehead atoms. The van der Waals surface area contributed by atoms with Crippen LogP contribution in [0.2, 0.25) is 0 Å². The molecule has 2 nitrogen and oxygen atoms in total. The highest BCUT2D eigenvalue weighted by Gasteiger charge is 2.38. The van der Waals surface area contributed by atoms with Crippen LogP contribution in [0.3, 0.4) is 0 Å². The maximum Gasteiger partial charge on any atom is 0.416 e. The van der Waals surface area contributed by atoms with Crippen LogP contribution in [0.4, 0.5) is 18.9 Å². The van der Waals surface area contributed by atoms with Crippen molar-refractivity contribution in [2.24, 2.45) is 0 Å². The van der Waals surface area contributed by atoms with Crippen molar-refractivity contribution in [1.82, 2.24) is 4.90 Å². The van der Waals surface area contributed by atoms with Crippen LogP contribution in [0.15, 0.2) is 22.7 Å². The molecule has 0 aromatic heterocycles. The molecule has 2 fully saturated rings. The van der Waals surface area contributed by atoms with Crippen LogP contribution in [0, 0.1) is 0 Å². The van der Waals surface area contributed by atoms with Crippen molar-refractivity contribution >= 4 is 21.6 Å². The number of piperidine rings is 1. The molecule has 2 atom stereocenters. The highest BCUT2D eigenvalue weighted by atomic mass is 79.9. The number of hydrogen-bond donors (Lipinski definition) is 1. The largest absolute Gasteiger partial charge is 0.416 e. The summed E-state index contributed by atoms with van der Waals surface area (Å²) in [4.78, 5) is 2.42. The Morgan fingerprint density at radius 2 is 1.81 bits per heavy atom. The normalized spacial score (nSPS) is 29.7. The third kappa shape index (κ3) is 3.06. The summed E-state index contributed by atoms with van der Waals surface area (Å²) in [5.41, 5.74) is -0.0668. The molecule has 3 rings (SSSR count). The van der Waals surface area contributed by atoms with Gasteiger partial charge in [0.1, 0.15) is 0 Å². The summed E-state index contributed by atoms with van der Waals surface area (Å²) in [5, 5.41) is 3.31. The van der Waals surface area contributed by atoms with Crippen LogP contribution >= 0.6 is 15.9 Å². The van der Waals surface area contributed by atoms with Gasteiger partial charge in [0.2, 0.25) is 0 Å². The lowest BCUT2D eigenvalue weighted by atomic mass is 9.97. The first kappa shape index (κ1) is 15.2. The average molecular weight is 363 g/mol. The van der Waals surface area contributed by atoms with Crippen LogP contribution in [0.25, 0.3) is 0 Å². The Hall–Kier alpha value is -0.750. The van der Waals surface area contributed by atoms with Gasteiger partial charge in [0.25, 0.3) is 0 Å². The van der Waals surface area contributed by atoms with Crippen molar-refractivity contribution in [2.75, 3.05) is 12.4 Å². The van der Waals surface area contributed by atoms with Crippen molar-refractivity contribution in [3.05, 3.63) is 28.2 Å². The first-order valence-corrected chi connectivity index (χ1v) is 7.99. The predicted octanol–water partition coefficient (Wildman–Crippen LogP) is 4.51. The minimum absolute atomic E-state index is 0.249. The molecule has 2 saturated heterocycles. The summed E-state index contributed by atoms with van der Waals surface area (Å²) < 4.78 is 39.1. The molecular weight excluding hydrogens is 345 g/mol. The van der Waals surface area contributed by atoms with Gasteiger partial charge in [0.05, 0.1) is 5.56 Å². The minimum Gasteiger partial charge on any atom is -0.381 e. The van der Waals surface area contributed by atoms with Gasteiger partial charge in [-0.3, -0.25) is 0 Å². The number of nitrogens with zero attached hydrogens (tertiary/aromatic N) is 1. The summed E-state index contributed by atoms with van der Waals surface area (Å²) in [7, 11) is 2.15. The van der Waals surface area contributed by atoms with E-state index in [1.54, 1.807) is 0 Å². The summed E-state index contributed by atoms with van der Waals surface area (Å²) in [6.07, 6.45) is 0.0839. The van der Waals surface area contributed by atoms with Crippen molar-refractivity contribution in [3.63, 3.8) is 0 Å². The summed E-state index contributed by atoms with van der Waals surface area (Å²) >= 11 is 3.34. The van der Waals surface area contributed by atoms with Crippen molar-refractivity contribution in [2.45, 2.75) is 50.0 Å². The molecule has 1 N–H and O–H groups in total. The fourth-order valence-corrected chi connectivity index (χ4v) is 3.92. The Bertz CT molecular complexity index is 518. The summed E-state index contributed by atoms with van der Waals surface area (Å²) in [6.45, 7) is 0. The second-order valence-electron chi connectivity index (χ2n) is 6.06. The van der Waals surface area contributed by atoms with Crippen LogP contribution in [0.1, 0.15) is 31.2 Å². The van der Waals surface area contributed by atoms with E-state index in [0.717, 1.165) is 18.9 Å². The molecule has 2 heterocycles. The Morgan fingerprint density at radius 3 is 2.38 bits per heavy atom. The second-order valence-corrected chi connectivity index (χ2v) is 6.91. The number of anilines is 1. The van der Waals surface area contributed by atoms with Crippen LogP contribution < -0.4 is 5.32 Å². The molecule has 1 aromatic rings. The Labute approximate surface area is 130 Å². The van der Waals surface area contributed by atoms with Gasteiger partial charge in [-0.15, -0.1) is 0 Å². The number of benzene rings is 1. The smallest absolute Gasteiger partial charge is 0.381 e. The summed E-state index contributed by atoms with van der Waals surface area (Å²) in [5.74, 6) is 0. The van der Waals surface area contributed by atoms with Crippen LogP contribution in [-0.4, -0.2) is 30.1 Å². The van der Waals surface area contributed by atoms with Crippen molar-refractivity contribution in [3.8, 4) is 0 Å². The molecular formula is C15H18BrF3N2. The number of fused-ring (bicyclic) bond motifs is 2. The van der Waals surface area contributed by atoms with Crippen LogP contribution in [0.5, 0.6) is 0 Å². The molecule has 0 amide bonds. The lowest BCUT2D eigenvalue weighted by Gasteiger charge is -2.37. The standard InChI is InChI=1S/C15H18BrF3N2/c1-21-11-3-4-12(21)8-10(7-11)20-14-6-9(15(17,18)19)2-5-13(14)16/h2,5-6,10-12,20H,3-4,7-8H2,1H3. The van der Waals surface area contributed by atoms with Gasteiger partial charge < -0.3 is 10.2 Å². The Kier molecular flexibility index (Phi) is 3.94. The van der Waals surface area contributed by atoms with E-state index >= 15 is 0 Å². The topological polar surface area (TPSA) is 15.3 Å². The third-order valence-corrected chi connectivity index (χ3v) is 5.44. The summed E-state index contributed by atoms with van der Waals surface area (Å²) in [6, 6.07) is 5.14. The highest BCUT2D eigenvalue weighted by molar-refractivity contribution is 9.10. The first-order chi connectivity index (χ1) is 9.84. The zero-order valence-electron chi connectivity index (χ0n) is 11.8. The Morgan fingerprint density at radius 1 is 1.19 bits per heavy atom. The lowest BCUT2D eigenvalue weighted by Crippen LogP contribution is -2.44. The molecule has 0 saturated carbocycles. The molecule has 0 radical (unpaired) electrons. The lowest BCUT2D eigenvalue weighted by molar-refractivity contribution is -0.137. The second kappa shape index (κ2) is 5.47. The molecule has 2 aliphatic rings. The zero-order chi connectivity index (χ0) is 15.2. The maximum atomic E-state index is 12.8. The van der Waals surface area contributed by atoms with E-state index in [0.29, 0.717) is 22.2 Å². The molecule has 0 aliphatic carbocycles. The molecule has 2 unspecified atom stereocenters. The van der Waals surface area contributed by atoms with E-state index < -0.39 is 11.7 Å². The molecule has 6 heteroatoms. The van der Waals surface area contributed by atoms with E-state index in [1.165, 1.54) is 25.0 Å². The van der Waals surface area contributed by atoms with E-state index in [9.17, 15) is 13.2 Å². The first-order valence-electron chi connectivity index (χ1n) is 7.20. The fourth-order valence-electron chi connectivity index (χ4n) is 3.56. The minimum atomic E-state index is -4.30. The average Bonchev–Trinajstić information content (AvgIpc) is 2.62. The molecule has 1 aromatic carbocycles. The maximum absolute atomic E-state index is 12.8. The molecule has 21 heavy (non-hydrogen) atoms. The number of nitrogens with one attached hydrogen (secondary N) is 1. The monoisotopic (exact) mass is 362 g/mol. The predicted molar refractivity (Wildman–Crippen MR) is 80.4 cm³/mol. The van der Waals surface area contributed by atoms with Gasteiger partial charge in [-0.2, -0.15) is 13.2 Å². The van der Waals surface area contributed by atoms with Gasteiger partial charge in [-0.1, -0.05) is 0 Å². The third-order valence-electron chi connectivity index (χ3n) is 4.75. The van der Waals surface area contributed by atoms with Gasteiger partial charge in [0.15, 0.2) is 0 Å².